The van der Waals surface area contributed by atoms with E-state index in [0.717, 1.165) is 65.3 Å². The zero-order valence-corrected chi connectivity index (χ0v) is 14.8. The molecule has 3 heterocycles. The van der Waals surface area contributed by atoms with Crippen LogP contribution < -0.4 is 10.2 Å². The number of morpholine rings is 1. The standard InChI is InChI=1S/C19H28N4O2/c24-19-20-8-11-23(19)17-6-9-21(10-7-17)14-18-15-22(12-13-25-18)16-4-2-1-3-5-16/h1-5,17-18H,6-15H2,(H,20,24). The molecule has 1 aromatic carbocycles. The van der Waals surface area contributed by atoms with Crippen molar-refractivity contribution in [1.82, 2.24) is 15.1 Å². The molecule has 1 unspecified atom stereocenters. The zero-order chi connectivity index (χ0) is 17.1. The predicted octanol–water partition coefficient (Wildman–Crippen LogP) is 1.38. The maximum atomic E-state index is 11.8. The molecule has 0 aliphatic carbocycles. The van der Waals surface area contributed by atoms with Gasteiger partial charge in [0.15, 0.2) is 0 Å². The van der Waals surface area contributed by atoms with Crippen molar-refractivity contribution in [2.45, 2.75) is 25.0 Å². The maximum Gasteiger partial charge on any atom is 0.317 e. The van der Waals surface area contributed by atoms with Gasteiger partial charge in [0, 0.05) is 57.5 Å². The molecule has 0 bridgehead atoms. The van der Waals surface area contributed by atoms with E-state index in [1.165, 1.54) is 5.69 Å². The van der Waals surface area contributed by atoms with Gasteiger partial charge >= 0.3 is 6.03 Å². The van der Waals surface area contributed by atoms with Gasteiger partial charge in [-0.1, -0.05) is 18.2 Å². The first kappa shape index (κ1) is 16.7. The molecule has 3 aliphatic rings. The molecule has 2 amide bonds. The number of amides is 2. The lowest BCUT2D eigenvalue weighted by Crippen LogP contribution is -2.51. The van der Waals surface area contributed by atoms with Crippen LogP contribution in [0.25, 0.3) is 0 Å². The van der Waals surface area contributed by atoms with Gasteiger partial charge in [0.25, 0.3) is 0 Å². The third-order valence-electron chi connectivity index (χ3n) is 5.61. The largest absolute Gasteiger partial charge is 0.373 e. The number of urea groups is 1. The Morgan fingerprint density at radius 2 is 1.88 bits per heavy atom. The number of hydrogen-bond donors (Lipinski definition) is 1. The zero-order valence-electron chi connectivity index (χ0n) is 14.8. The highest BCUT2D eigenvalue weighted by atomic mass is 16.5. The molecule has 0 saturated carbocycles. The van der Waals surface area contributed by atoms with Crippen molar-refractivity contribution < 1.29 is 9.53 Å². The fraction of sp³-hybridized carbons (Fsp3) is 0.632. The van der Waals surface area contributed by atoms with E-state index in [2.05, 4.69) is 45.4 Å². The third-order valence-corrected chi connectivity index (χ3v) is 5.61. The van der Waals surface area contributed by atoms with Gasteiger partial charge in [-0.3, -0.25) is 0 Å². The summed E-state index contributed by atoms with van der Waals surface area (Å²) in [6.45, 7) is 7.47. The Morgan fingerprint density at radius 1 is 1.08 bits per heavy atom. The molecule has 3 saturated heterocycles. The summed E-state index contributed by atoms with van der Waals surface area (Å²) in [5.74, 6) is 0. The lowest BCUT2D eigenvalue weighted by molar-refractivity contribution is 0.00737. The van der Waals surface area contributed by atoms with E-state index in [-0.39, 0.29) is 12.1 Å². The first-order valence-corrected chi connectivity index (χ1v) is 9.48. The minimum atomic E-state index is 0.118. The summed E-state index contributed by atoms with van der Waals surface area (Å²) >= 11 is 0. The van der Waals surface area contributed by atoms with Crippen molar-refractivity contribution in [2.24, 2.45) is 0 Å². The van der Waals surface area contributed by atoms with Gasteiger partial charge < -0.3 is 24.8 Å². The molecule has 4 rings (SSSR count). The molecule has 3 fully saturated rings. The van der Waals surface area contributed by atoms with Gasteiger partial charge in [-0.25, -0.2) is 4.79 Å². The SMILES string of the molecule is O=C1NCCN1C1CCN(CC2CN(c3ccccc3)CCO2)CC1. The number of ether oxygens (including phenoxy) is 1. The molecule has 0 aromatic heterocycles. The Balaban J connectivity index is 1.26. The van der Waals surface area contributed by atoms with Crippen LogP contribution >= 0.6 is 0 Å². The molecular formula is C19H28N4O2. The number of piperidine rings is 1. The van der Waals surface area contributed by atoms with Gasteiger partial charge in [-0.05, 0) is 25.0 Å². The van der Waals surface area contributed by atoms with Crippen molar-refractivity contribution in [2.75, 3.05) is 57.3 Å². The normalized spacial score (nSPS) is 26.1. The Hall–Kier alpha value is -1.79. The smallest absolute Gasteiger partial charge is 0.317 e. The van der Waals surface area contributed by atoms with Crippen LogP contribution in [0, 0.1) is 0 Å². The number of nitrogens with one attached hydrogen (secondary N) is 1. The van der Waals surface area contributed by atoms with Crippen LogP contribution in [0.3, 0.4) is 0 Å². The van der Waals surface area contributed by atoms with Crippen LogP contribution in [0.1, 0.15) is 12.8 Å². The number of rotatable bonds is 4. The highest BCUT2D eigenvalue weighted by Gasteiger charge is 2.32. The summed E-state index contributed by atoms with van der Waals surface area (Å²) in [7, 11) is 0. The van der Waals surface area contributed by atoms with Gasteiger partial charge in [0.05, 0.1) is 12.7 Å². The monoisotopic (exact) mass is 344 g/mol. The fourth-order valence-electron chi connectivity index (χ4n) is 4.24. The third kappa shape index (κ3) is 3.90. The molecule has 0 spiro atoms. The van der Waals surface area contributed by atoms with Crippen LogP contribution in [0.5, 0.6) is 0 Å². The highest BCUT2D eigenvalue weighted by molar-refractivity contribution is 5.76. The van der Waals surface area contributed by atoms with E-state index in [0.29, 0.717) is 6.04 Å². The van der Waals surface area contributed by atoms with Crippen molar-refractivity contribution in [3.8, 4) is 0 Å². The maximum absolute atomic E-state index is 11.8. The summed E-state index contributed by atoms with van der Waals surface area (Å²) in [6.07, 6.45) is 2.41. The summed E-state index contributed by atoms with van der Waals surface area (Å²) in [4.78, 5) is 18.8. The van der Waals surface area contributed by atoms with E-state index in [1.54, 1.807) is 0 Å². The fourth-order valence-corrected chi connectivity index (χ4v) is 4.24. The number of anilines is 1. The number of carbonyl (C=O) groups excluding carboxylic acids is 1. The topological polar surface area (TPSA) is 48.1 Å². The van der Waals surface area contributed by atoms with E-state index in [4.69, 9.17) is 4.74 Å². The molecule has 3 aliphatic heterocycles. The number of likely N-dealkylation sites (tertiary alicyclic amines) is 1. The quantitative estimate of drug-likeness (QED) is 0.897. The van der Waals surface area contributed by atoms with Crippen molar-refractivity contribution >= 4 is 11.7 Å². The van der Waals surface area contributed by atoms with Gasteiger partial charge in [-0.2, -0.15) is 0 Å². The number of benzene rings is 1. The summed E-state index contributed by atoms with van der Waals surface area (Å²) < 4.78 is 6.02. The number of hydrogen-bond acceptors (Lipinski definition) is 4. The average molecular weight is 344 g/mol. The number of carbonyl (C=O) groups is 1. The lowest BCUT2D eigenvalue weighted by atomic mass is 10.0. The van der Waals surface area contributed by atoms with E-state index in [9.17, 15) is 4.79 Å². The number of nitrogens with zero attached hydrogens (tertiary/aromatic N) is 3. The molecule has 1 aromatic rings. The van der Waals surface area contributed by atoms with Gasteiger partial charge in [-0.15, -0.1) is 0 Å². The molecule has 1 atom stereocenters. The molecule has 25 heavy (non-hydrogen) atoms. The van der Waals surface area contributed by atoms with Crippen molar-refractivity contribution in [1.29, 1.82) is 0 Å². The van der Waals surface area contributed by atoms with Crippen LogP contribution in [0.4, 0.5) is 10.5 Å². The van der Waals surface area contributed by atoms with Gasteiger partial charge in [0.1, 0.15) is 0 Å². The number of para-hydroxylation sites is 1. The summed E-state index contributed by atoms with van der Waals surface area (Å²) in [5.41, 5.74) is 1.29. The summed E-state index contributed by atoms with van der Waals surface area (Å²) in [6, 6.07) is 11.1. The molecular weight excluding hydrogens is 316 g/mol. The van der Waals surface area contributed by atoms with Crippen LogP contribution in [0.2, 0.25) is 0 Å². The van der Waals surface area contributed by atoms with E-state index < -0.39 is 0 Å². The Morgan fingerprint density at radius 3 is 2.60 bits per heavy atom. The van der Waals surface area contributed by atoms with Crippen LogP contribution in [0.15, 0.2) is 30.3 Å². The second kappa shape index (κ2) is 7.62. The average Bonchev–Trinajstić information content (AvgIpc) is 3.09. The highest BCUT2D eigenvalue weighted by Crippen LogP contribution is 2.21. The van der Waals surface area contributed by atoms with Crippen molar-refractivity contribution in [3.05, 3.63) is 30.3 Å². The van der Waals surface area contributed by atoms with Crippen LogP contribution in [-0.4, -0.2) is 80.4 Å². The Bertz CT molecular complexity index is 574. The molecule has 136 valence electrons. The van der Waals surface area contributed by atoms with Crippen LogP contribution in [-0.2, 0) is 4.74 Å². The Labute approximate surface area is 149 Å². The van der Waals surface area contributed by atoms with E-state index >= 15 is 0 Å². The molecule has 6 nitrogen and oxygen atoms in total. The lowest BCUT2D eigenvalue weighted by Gasteiger charge is -2.40. The minimum absolute atomic E-state index is 0.118. The Kier molecular flexibility index (Phi) is 5.08. The first-order valence-electron chi connectivity index (χ1n) is 9.48. The van der Waals surface area contributed by atoms with Crippen molar-refractivity contribution in [3.63, 3.8) is 0 Å². The second-order valence-electron chi connectivity index (χ2n) is 7.23. The van der Waals surface area contributed by atoms with Gasteiger partial charge in [0.2, 0.25) is 0 Å². The molecule has 6 heteroatoms. The second-order valence-corrected chi connectivity index (χ2v) is 7.23. The molecule has 0 radical (unpaired) electrons. The molecule has 1 N–H and O–H groups in total. The minimum Gasteiger partial charge on any atom is -0.373 e. The first-order chi connectivity index (χ1) is 12.3. The predicted molar refractivity (Wildman–Crippen MR) is 98.0 cm³/mol. The summed E-state index contributed by atoms with van der Waals surface area (Å²) in [5, 5.41) is 2.91. The van der Waals surface area contributed by atoms with E-state index in [1.807, 2.05) is 4.90 Å².